The largest absolute Gasteiger partial charge is 0.456 e. The quantitative estimate of drug-likeness (QED) is 0.508. The van der Waals surface area contributed by atoms with E-state index in [1.54, 1.807) is 0 Å². The third-order valence-corrected chi connectivity index (χ3v) is 6.53. The smallest absolute Gasteiger partial charge is 0.137 e. The highest BCUT2D eigenvalue weighted by Gasteiger charge is 2.39. The minimum absolute atomic E-state index is 0.0358. The van der Waals surface area contributed by atoms with Gasteiger partial charge in [-0.25, -0.2) is 4.72 Å². The van der Waals surface area contributed by atoms with Gasteiger partial charge in [0.05, 0.1) is 16.7 Å². The van der Waals surface area contributed by atoms with Gasteiger partial charge in [-0.2, -0.15) is 0 Å². The fourth-order valence-electron chi connectivity index (χ4n) is 4.44. The Bertz CT molecular complexity index is 908. The normalized spacial score (nSPS) is 20.7. The van der Waals surface area contributed by atoms with Crippen LogP contribution in [0.15, 0.2) is 46.9 Å². The number of fused-ring (bicyclic) bond motifs is 3. The lowest BCUT2D eigenvalue weighted by atomic mass is 9.90. The fourth-order valence-corrected chi connectivity index (χ4v) is 5.34. The first-order valence-corrected chi connectivity index (χ1v) is 10.5. The molecule has 3 nitrogen and oxygen atoms in total. The van der Waals surface area contributed by atoms with Crippen LogP contribution in [0.1, 0.15) is 47.0 Å². The first-order chi connectivity index (χ1) is 12.4. The van der Waals surface area contributed by atoms with Crippen molar-refractivity contribution in [3.05, 3.63) is 42.5 Å². The molecule has 0 amide bonds. The summed E-state index contributed by atoms with van der Waals surface area (Å²) in [5, 5.41) is 2.41. The predicted octanol–water partition coefficient (Wildman–Crippen LogP) is 6.33. The fraction of sp³-hybridized carbons (Fsp3) is 0.455. The molecule has 1 N–H and O–H groups in total. The van der Waals surface area contributed by atoms with Gasteiger partial charge >= 0.3 is 0 Å². The van der Waals surface area contributed by atoms with E-state index in [0.717, 1.165) is 16.9 Å². The zero-order chi connectivity index (χ0) is 18.4. The van der Waals surface area contributed by atoms with Crippen LogP contribution in [0.3, 0.4) is 0 Å². The van der Waals surface area contributed by atoms with Crippen LogP contribution in [-0.2, 0) is 0 Å². The second-order valence-electron chi connectivity index (χ2n) is 8.36. The average molecular weight is 369 g/mol. The average Bonchev–Trinajstić information content (AvgIpc) is 2.97. The molecular formula is C22H28N2OS. The van der Waals surface area contributed by atoms with Crippen LogP contribution in [0.4, 0.5) is 5.69 Å². The molecule has 1 aliphatic heterocycles. The summed E-state index contributed by atoms with van der Waals surface area (Å²) in [6, 6.07) is 14.8. The minimum atomic E-state index is -0.175. The third-order valence-electron chi connectivity index (χ3n) is 5.39. The Labute approximate surface area is 160 Å². The van der Waals surface area contributed by atoms with Gasteiger partial charge in [0.15, 0.2) is 0 Å². The van der Waals surface area contributed by atoms with Gasteiger partial charge in [-0.3, -0.25) is 0 Å². The van der Waals surface area contributed by atoms with Crippen LogP contribution in [0.2, 0.25) is 0 Å². The summed E-state index contributed by atoms with van der Waals surface area (Å²) >= 11 is 1.84. The number of anilines is 1. The van der Waals surface area contributed by atoms with Gasteiger partial charge in [0.25, 0.3) is 0 Å². The molecule has 0 aliphatic carbocycles. The summed E-state index contributed by atoms with van der Waals surface area (Å²) in [6.45, 7) is 9.31. The SMILES string of the molecule is CC1(C)CCCCSNC(C)(C)N1c1cccc2oc3ccccc3c12. The van der Waals surface area contributed by atoms with Gasteiger partial charge in [-0.05, 0) is 58.7 Å². The molecule has 4 rings (SSSR count). The Morgan fingerprint density at radius 2 is 1.73 bits per heavy atom. The maximum absolute atomic E-state index is 6.15. The van der Waals surface area contributed by atoms with Crippen LogP contribution in [-0.4, -0.2) is 17.0 Å². The summed E-state index contributed by atoms with van der Waals surface area (Å²) in [4.78, 5) is 2.57. The molecule has 1 fully saturated rings. The molecule has 0 spiro atoms. The molecule has 1 saturated heterocycles. The van der Waals surface area contributed by atoms with E-state index in [1.165, 1.54) is 35.7 Å². The second kappa shape index (κ2) is 6.50. The van der Waals surface area contributed by atoms with E-state index in [-0.39, 0.29) is 11.2 Å². The van der Waals surface area contributed by atoms with Crippen molar-refractivity contribution in [3.8, 4) is 0 Å². The van der Waals surface area contributed by atoms with E-state index in [4.69, 9.17) is 4.42 Å². The Morgan fingerprint density at radius 3 is 2.58 bits per heavy atom. The van der Waals surface area contributed by atoms with Gasteiger partial charge in [0, 0.05) is 16.7 Å². The molecule has 3 aromatic rings. The van der Waals surface area contributed by atoms with Gasteiger partial charge in [0.1, 0.15) is 11.2 Å². The maximum atomic E-state index is 6.15. The van der Waals surface area contributed by atoms with Crippen molar-refractivity contribution in [1.82, 2.24) is 4.72 Å². The highest BCUT2D eigenvalue weighted by Crippen LogP contribution is 2.43. The lowest BCUT2D eigenvalue weighted by molar-refractivity contribution is 0.313. The second-order valence-corrected chi connectivity index (χ2v) is 9.26. The molecule has 0 radical (unpaired) electrons. The number of benzene rings is 2. The number of nitrogens with zero attached hydrogens (tertiary/aromatic N) is 1. The first kappa shape index (κ1) is 17.7. The standard InChI is InChI=1S/C22H28N2OS/c1-21(2)14-7-8-15-26-23-22(3,4)24(21)17-11-9-13-19-20(17)16-10-5-6-12-18(16)25-19/h5-6,9-13,23H,7-8,14-15H2,1-4H3. The van der Waals surface area contributed by atoms with E-state index >= 15 is 0 Å². The van der Waals surface area contributed by atoms with E-state index in [1.807, 2.05) is 18.0 Å². The molecule has 2 heterocycles. The van der Waals surface area contributed by atoms with Crippen molar-refractivity contribution in [3.63, 3.8) is 0 Å². The van der Waals surface area contributed by atoms with Crippen LogP contribution < -0.4 is 9.62 Å². The van der Waals surface area contributed by atoms with Crippen LogP contribution in [0.25, 0.3) is 21.9 Å². The van der Waals surface area contributed by atoms with Gasteiger partial charge < -0.3 is 9.32 Å². The first-order valence-electron chi connectivity index (χ1n) is 9.50. The molecule has 0 unspecified atom stereocenters. The molecular weight excluding hydrogens is 340 g/mol. The zero-order valence-corrected chi connectivity index (χ0v) is 17.0. The summed E-state index contributed by atoms with van der Waals surface area (Å²) in [7, 11) is 0. The summed E-state index contributed by atoms with van der Waals surface area (Å²) in [5.41, 5.74) is 3.02. The summed E-state index contributed by atoms with van der Waals surface area (Å²) in [6.07, 6.45) is 3.67. The highest BCUT2D eigenvalue weighted by molar-refractivity contribution is 7.97. The Hall–Kier alpha value is -1.65. The number of nitrogens with one attached hydrogen (secondary N) is 1. The molecule has 4 heteroatoms. The molecule has 138 valence electrons. The molecule has 0 saturated carbocycles. The maximum Gasteiger partial charge on any atom is 0.137 e. The topological polar surface area (TPSA) is 28.4 Å². The van der Waals surface area contributed by atoms with Crippen LogP contribution >= 0.6 is 11.9 Å². The number of rotatable bonds is 1. The monoisotopic (exact) mass is 368 g/mol. The van der Waals surface area contributed by atoms with Gasteiger partial charge in [-0.1, -0.05) is 42.6 Å². The van der Waals surface area contributed by atoms with Crippen molar-refractivity contribution in [2.24, 2.45) is 0 Å². The summed E-state index contributed by atoms with van der Waals surface area (Å²) < 4.78 is 9.87. The number of hydrogen-bond acceptors (Lipinski definition) is 4. The summed E-state index contributed by atoms with van der Waals surface area (Å²) in [5.74, 6) is 1.16. The molecule has 1 aliphatic rings. The van der Waals surface area contributed by atoms with E-state index in [9.17, 15) is 0 Å². The van der Waals surface area contributed by atoms with Gasteiger partial charge in [-0.15, -0.1) is 0 Å². The molecule has 1 aromatic heterocycles. The van der Waals surface area contributed by atoms with Crippen molar-refractivity contribution in [2.45, 2.75) is 58.2 Å². The molecule has 26 heavy (non-hydrogen) atoms. The van der Waals surface area contributed by atoms with Crippen molar-refractivity contribution in [1.29, 1.82) is 0 Å². The highest BCUT2D eigenvalue weighted by atomic mass is 32.2. The number of hydrogen-bond donors (Lipinski definition) is 1. The van der Waals surface area contributed by atoms with Gasteiger partial charge in [0.2, 0.25) is 0 Å². The lowest BCUT2D eigenvalue weighted by Crippen LogP contribution is -2.61. The molecule has 0 bridgehead atoms. The van der Waals surface area contributed by atoms with Crippen LogP contribution in [0.5, 0.6) is 0 Å². The molecule has 0 atom stereocenters. The lowest BCUT2D eigenvalue weighted by Gasteiger charge is -2.50. The van der Waals surface area contributed by atoms with E-state index < -0.39 is 0 Å². The zero-order valence-electron chi connectivity index (χ0n) is 16.1. The van der Waals surface area contributed by atoms with Crippen molar-refractivity contribution >= 4 is 39.6 Å². The third kappa shape index (κ3) is 2.99. The Kier molecular flexibility index (Phi) is 4.44. The predicted molar refractivity (Wildman–Crippen MR) is 114 cm³/mol. The molecule has 2 aromatic carbocycles. The van der Waals surface area contributed by atoms with Crippen molar-refractivity contribution in [2.75, 3.05) is 10.7 Å². The number of para-hydroxylation sites is 1. The Morgan fingerprint density at radius 1 is 0.962 bits per heavy atom. The van der Waals surface area contributed by atoms with E-state index in [0.29, 0.717) is 0 Å². The van der Waals surface area contributed by atoms with Crippen molar-refractivity contribution < 1.29 is 4.42 Å². The van der Waals surface area contributed by atoms with E-state index in [2.05, 4.69) is 73.7 Å². The number of furan rings is 1. The van der Waals surface area contributed by atoms with Crippen LogP contribution in [0, 0.1) is 0 Å². The minimum Gasteiger partial charge on any atom is -0.456 e. The Balaban J connectivity index is 1.98.